The molecule has 1 aromatic rings. The Bertz CT molecular complexity index is 387. The molecular weight excluding hydrogens is 258 g/mol. The standard InChI is InChI=1S/C19H31NO/c1-3-4-14-21-18-12-10-17(11-13-18)15-20-19-9-7-5-6-8-16(19)2/h10-13,16,19-20H,3-9,14-15H2,1-2H3. The fourth-order valence-electron chi connectivity index (χ4n) is 3.08. The highest BCUT2D eigenvalue weighted by molar-refractivity contribution is 5.27. The van der Waals surface area contributed by atoms with Gasteiger partial charge in [0.05, 0.1) is 6.61 Å². The van der Waals surface area contributed by atoms with Gasteiger partial charge >= 0.3 is 0 Å². The summed E-state index contributed by atoms with van der Waals surface area (Å²) in [7, 11) is 0. The van der Waals surface area contributed by atoms with E-state index >= 15 is 0 Å². The predicted octanol–water partition coefficient (Wildman–Crippen LogP) is 4.92. The minimum absolute atomic E-state index is 0.688. The van der Waals surface area contributed by atoms with E-state index < -0.39 is 0 Å². The summed E-state index contributed by atoms with van der Waals surface area (Å²) < 4.78 is 5.71. The molecule has 1 aliphatic rings. The van der Waals surface area contributed by atoms with Gasteiger partial charge in [0.15, 0.2) is 0 Å². The zero-order valence-electron chi connectivity index (χ0n) is 13.7. The average Bonchev–Trinajstić information content (AvgIpc) is 2.71. The molecule has 0 bridgehead atoms. The van der Waals surface area contributed by atoms with Gasteiger partial charge in [-0.05, 0) is 42.9 Å². The summed E-state index contributed by atoms with van der Waals surface area (Å²) in [5.41, 5.74) is 1.36. The third kappa shape index (κ3) is 5.70. The van der Waals surface area contributed by atoms with Crippen LogP contribution in [0.1, 0.15) is 64.4 Å². The minimum Gasteiger partial charge on any atom is -0.494 e. The van der Waals surface area contributed by atoms with E-state index in [-0.39, 0.29) is 0 Å². The van der Waals surface area contributed by atoms with Crippen LogP contribution in [-0.2, 0) is 6.54 Å². The molecule has 118 valence electrons. The van der Waals surface area contributed by atoms with E-state index in [1.54, 1.807) is 0 Å². The Balaban J connectivity index is 1.77. The van der Waals surface area contributed by atoms with Gasteiger partial charge in [-0.2, -0.15) is 0 Å². The molecule has 21 heavy (non-hydrogen) atoms. The number of rotatable bonds is 7. The van der Waals surface area contributed by atoms with Gasteiger partial charge in [0, 0.05) is 12.6 Å². The summed E-state index contributed by atoms with van der Waals surface area (Å²) in [5.74, 6) is 1.80. The van der Waals surface area contributed by atoms with Crippen LogP contribution < -0.4 is 10.1 Å². The molecule has 0 amide bonds. The number of ether oxygens (including phenoxy) is 1. The van der Waals surface area contributed by atoms with Crippen molar-refractivity contribution in [3.8, 4) is 5.75 Å². The minimum atomic E-state index is 0.688. The molecule has 1 aromatic carbocycles. The van der Waals surface area contributed by atoms with Crippen molar-refractivity contribution in [3.05, 3.63) is 29.8 Å². The van der Waals surface area contributed by atoms with Crippen LogP contribution in [0.2, 0.25) is 0 Å². The highest BCUT2D eigenvalue weighted by Gasteiger charge is 2.18. The number of hydrogen-bond acceptors (Lipinski definition) is 2. The maximum atomic E-state index is 5.71. The van der Waals surface area contributed by atoms with Crippen molar-refractivity contribution in [1.82, 2.24) is 5.32 Å². The molecule has 0 heterocycles. The SMILES string of the molecule is CCCCOc1ccc(CNC2CCCCCC2C)cc1. The molecule has 1 saturated carbocycles. The Labute approximate surface area is 130 Å². The van der Waals surface area contributed by atoms with E-state index in [2.05, 4.69) is 43.4 Å². The Kier molecular flexibility index (Phi) is 7.08. The number of benzene rings is 1. The molecule has 0 aromatic heterocycles. The van der Waals surface area contributed by atoms with Crippen LogP contribution in [0.4, 0.5) is 0 Å². The second kappa shape index (κ2) is 9.09. The van der Waals surface area contributed by atoms with Crippen LogP contribution in [0.3, 0.4) is 0 Å². The Morgan fingerprint density at radius 1 is 1.10 bits per heavy atom. The topological polar surface area (TPSA) is 21.3 Å². The normalized spacial score (nSPS) is 22.8. The lowest BCUT2D eigenvalue weighted by molar-refractivity contribution is 0.309. The van der Waals surface area contributed by atoms with Gasteiger partial charge in [0.1, 0.15) is 5.75 Å². The summed E-state index contributed by atoms with van der Waals surface area (Å²) >= 11 is 0. The molecule has 0 aliphatic heterocycles. The number of nitrogens with one attached hydrogen (secondary N) is 1. The van der Waals surface area contributed by atoms with Crippen LogP contribution in [0.5, 0.6) is 5.75 Å². The van der Waals surface area contributed by atoms with Crippen LogP contribution in [0.15, 0.2) is 24.3 Å². The first kappa shape index (κ1) is 16.4. The molecule has 1 aliphatic carbocycles. The lowest BCUT2D eigenvalue weighted by Gasteiger charge is -2.23. The first-order valence-electron chi connectivity index (χ1n) is 8.74. The van der Waals surface area contributed by atoms with Crippen molar-refractivity contribution in [2.24, 2.45) is 5.92 Å². The van der Waals surface area contributed by atoms with Gasteiger partial charge in [-0.25, -0.2) is 0 Å². The Morgan fingerprint density at radius 3 is 2.62 bits per heavy atom. The molecule has 2 atom stereocenters. The maximum absolute atomic E-state index is 5.71. The second-order valence-electron chi connectivity index (χ2n) is 6.45. The van der Waals surface area contributed by atoms with Gasteiger partial charge < -0.3 is 10.1 Å². The summed E-state index contributed by atoms with van der Waals surface area (Å²) in [5, 5.41) is 3.76. The molecule has 2 heteroatoms. The lowest BCUT2D eigenvalue weighted by atomic mass is 9.97. The second-order valence-corrected chi connectivity index (χ2v) is 6.45. The van der Waals surface area contributed by atoms with Crippen LogP contribution in [-0.4, -0.2) is 12.6 Å². The summed E-state index contributed by atoms with van der Waals surface area (Å²) in [6.07, 6.45) is 9.22. The van der Waals surface area contributed by atoms with Gasteiger partial charge in [0.25, 0.3) is 0 Å². The summed E-state index contributed by atoms with van der Waals surface area (Å²) in [6, 6.07) is 9.27. The van der Waals surface area contributed by atoms with E-state index in [4.69, 9.17) is 4.74 Å². The zero-order valence-corrected chi connectivity index (χ0v) is 13.7. The third-order valence-electron chi connectivity index (χ3n) is 4.62. The van der Waals surface area contributed by atoms with E-state index in [0.29, 0.717) is 6.04 Å². The molecule has 1 fully saturated rings. The first-order valence-corrected chi connectivity index (χ1v) is 8.74. The monoisotopic (exact) mass is 289 g/mol. The Morgan fingerprint density at radius 2 is 1.86 bits per heavy atom. The highest BCUT2D eigenvalue weighted by Crippen LogP contribution is 2.23. The summed E-state index contributed by atoms with van der Waals surface area (Å²) in [4.78, 5) is 0. The van der Waals surface area contributed by atoms with Gasteiger partial charge in [0.2, 0.25) is 0 Å². The van der Waals surface area contributed by atoms with Gasteiger partial charge in [-0.1, -0.05) is 51.7 Å². The van der Waals surface area contributed by atoms with Crippen molar-refractivity contribution in [1.29, 1.82) is 0 Å². The van der Waals surface area contributed by atoms with Crippen molar-refractivity contribution < 1.29 is 4.74 Å². The number of unbranched alkanes of at least 4 members (excludes halogenated alkanes) is 1. The van der Waals surface area contributed by atoms with Crippen LogP contribution >= 0.6 is 0 Å². The molecular formula is C19H31NO. The molecule has 0 spiro atoms. The molecule has 1 N–H and O–H groups in total. The van der Waals surface area contributed by atoms with E-state index in [9.17, 15) is 0 Å². The van der Waals surface area contributed by atoms with Gasteiger partial charge in [-0.15, -0.1) is 0 Å². The fourth-order valence-corrected chi connectivity index (χ4v) is 3.08. The highest BCUT2D eigenvalue weighted by atomic mass is 16.5. The quantitative estimate of drug-likeness (QED) is 0.568. The molecule has 0 saturated heterocycles. The number of hydrogen-bond donors (Lipinski definition) is 1. The molecule has 2 nitrogen and oxygen atoms in total. The molecule has 0 radical (unpaired) electrons. The maximum Gasteiger partial charge on any atom is 0.119 e. The van der Waals surface area contributed by atoms with E-state index in [1.165, 1.54) is 44.1 Å². The van der Waals surface area contributed by atoms with Crippen molar-refractivity contribution in [3.63, 3.8) is 0 Å². The molecule has 2 rings (SSSR count). The third-order valence-corrected chi connectivity index (χ3v) is 4.62. The van der Waals surface area contributed by atoms with E-state index in [0.717, 1.165) is 31.2 Å². The van der Waals surface area contributed by atoms with Crippen molar-refractivity contribution in [2.45, 2.75) is 71.4 Å². The first-order chi connectivity index (χ1) is 10.3. The fraction of sp³-hybridized carbons (Fsp3) is 0.684. The lowest BCUT2D eigenvalue weighted by Crippen LogP contribution is -2.33. The van der Waals surface area contributed by atoms with Gasteiger partial charge in [-0.3, -0.25) is 0 Å². The van der Waals surface area contributed by atoms with Crippen LogP contribution in [0, 0.1) is 5.92 Å². The van der Waals surface area contributed by atoms with Crippen LogP contribution in [0.25, 0.3) is 0 Å². The summed E-state index contributed by atoms with van der Waals surface area (Å²) in [6.45, 7) is 6.39. The smallest absolute Gasteiger partial charge is 0.119 e. The predicted molar refractivity (Wildman–Crippen MR) is 89.7 cm³/mol. The van der Waals surface area contributed by atoms with Crippen molar-refractivity contribution in [2.75, 3.05) is 6.61 Å². The van der Waals surface area contributed by atoms with Crippen molar-refractivity contribution >= 4 is 0 Å². The largest absolute Gasteiger partial charge is 0.494 e. The zero-order chi connectivity index (χ0) is 14.9. The van der Waals surface area contributed by atoms with E-state index in [1.807, 2.05) is 0 Å². The average molecular weight is 289 g/mol. The molecule has 2 unspecified atom stereocenters. The Hall–Kier alpha value is -1.02.